The molecule has 138 valence electrons. The third-order valence-electron chi connectivity index (χ3n) is 4.59. The second kappa shape index (κ2) is 7.99. The van der Waals surface area contributed by atoms with Crippen LogP contribution in [0.25, 0.3) is 0 Å². The van der Waals surface area contributed by atoms with Crippen molar-refractivity contribution in [2.24, 2.45) is 11.7 Å². The van der Waals surface area contributed by atoms with E-state index in [9.17, 15) is 13.2 Å². The van der Waals surface area contributed by atoms with Gasteiger partial charge >= 0.3 is 0 Å². The number of rotatable bonds is 5. The monoisotopic (exact) mass is 373 g/mol. The van der Waals surface area contributed by atoms with Gasteiger partial charge < -0.3 is 11.1 Å². The Morgan fingerprint density at radius 2 is 1.69 bits per heavy atom. The first kappa shape index (κ1) is 18.6. The number of nitrogens with zero attached hydrogens (tertiary/aromatic N) is 1. The summed E-state index contributed by atoms with van der Waals surface area (Å²) in [7, 11) is -3.59. The van der Waals surface area contributed by atoms with E-state index in [0.717, 1.165) is 5.56 Å². The Balaban J connectivity index is 1.67. The molecule has 0 aromatic heterocycles. The van der Waals surface area contributed by atoms with Crippen LogP contribution in [0, 0.1) is 5.92 Å². The first-order chi connectivity index (χ1) is 12.5. The summed E-state index contributed by atoms with van der Waals surface area (Å²) in [5, 5.41) is 2.80. The summed E-state index contributed by atoms with van der Waals surface area (Å²) in [5.41, 5.74) is 6.86. The summed E-state index contributed by atoms with van der Waals surface area (Å²) < 4.78 is 26.9. The molecule has 0 aliphatic carbocycles. The van der Waals surface area contributed by atoms with E-state index in [-0.39, 0.29) is 17.3 Å². The van der Waals surface area contributed by atoms with E-state index in [2.05, 4.69) is 5.32 Å². The van der Waals surface area contributed by atoms with Crippen LogP contribution in [0.4, 0.5) is 0 Å². The van der Waals surface area contributed by atoms with E-state index in [4.69, 9.17) is 5.73 Å². The lowest BCUT2D eigenvalue weighted by Crippen LogP contribution is -2.47. The highest BCUT2D eigenvalue weighted by atomic mass is 32.2. The highest BCUT2D eigenvalue weighted by Gasteiger charge is 2.33. The van der Waals surface area contributed by atoms with Crippen LogP contribution in [-0.4, -0.2) is 31.7 Å². The van der Waals surface area contributed by atoms with Gasteiger partial charge in [0.25, 0.3) is 0 Å². The molecule has 26 heavy (non-hydrogen) atoms. The zero-order chi connectivity index (χ0) is 18.6. The first-order valence-corrected chi connectivity index (χ1v) is 10.1. The summed E-state index contributed by atoms with van der Waals surface area (Å²) in [4.78, 5) is 12.8. The van der Waals surface area contributed by atoms with Crippen LogP contribution in [0.3, 0.4) is 0 Å². The summed E-state index contributed by atoms with van der Waals surface area (Å²) >= 11 is 0. The minimum atomic E-state index is -3.59. The van der Waals surface area contributed by atoms with Gasteiger partial charge in [0.15, 0.2) is 0 Å². The molecule has 2 atom stereocenters. The van der Waals surface area contributed by atoms with E-state index in [1.165, 1.54) is 4.31 Å². The minimum Gasteiger partial charge on any atom is -0.337 e. The van der Waals surface area contributed by atoms with Gasteiger partial charge in [0.05, 0.1) is 10.8 Å². The minimum absolute atomic E-state index is 0.171. The Kier molecular flexibility index (Phi) is 5.70. The maximum absolute atomic E-state index is 12.8. The first-order valence-electron chi connectivity index (χ1n) is 8.64. The molecule has 1 aliphatic rings. The molecule has 1 fully saturated rings. The van der Waals surface area contributed by atoms with E-state index >= 15 is 0 Å². The molecule has 0 saturated carbocycles. The van der Waals surface area contributed by atoms with Crippen LogP contribution >= 0.6 is 0 Å². The summed E-state index contributed by atoms with van der Waals surface area (Å²) in [6.45, 7) is 0.594. The Bertz CT molecular complexity index is 841. The smallest absolute Gasteiger partial charge is 0.243 e. The van der Waals surface area contributed by atoms with Crippen LogP contribution in [-0.2, 0) is 14.8 Å². The van der Waals surface area contributed by atoms with Crippen LogP contribution in [0.2, 0.25) is 0 Å². The number of benzene rings is 2. The summed E-state index contributed by atoms with van der Waals surface area (Å²) in [6.07, 6.45) is 0.684. The largest absolute Gasteiger partial charge is 0.337 e. The number of piperidine rings is 1. The number of hydrogen-bond donors (Lipinski definition) is 2. The topological polar surface area (TPSA) is 92.5 Å². The predicted molar refractivity (Wildman–Crippen MR) is 99.4 cm³/mol. The Labute approximate surface area is 154 Å². The zero-order valence-corrected chi connectivity index (χ0v) is 15.2. The van der Waals surface area contributed by atoms with Crippen molar-refractivity contribution in [3.05, 3.63) is 66.2 Å². The van der Waals surface area contributed by atoms with Crippen LogP contribution in [0.1, 0.15) is 24.6 Å². The number of amides is 1. The number of sulfonamides is 1. The fourth-order valence-electron chi connectivity index (χ4n) is 3.13. The lowest BCUT2D eigenvalue weighted by atomic mass is 9.98. The maximum Gasteiger partial charge on any atom is 0.243 e. The third kappa shape index (κ3) is 4.12. The molecular weight excluding hydrogens is 350 g/mol. The average molecular weight is 373 g/mol. The quantitative estimate of drug-likeness (QED) is 0.783. The Hall–Kier alpha value is -2.22. The molecule has 2 aromatic carbocycles. The Morgan fingerprint density at radius 3 is 2.35 bits per heavy atom. The van der Waals surface area contributed by atoms with Gasteiger partial charge in [0.1, 0.15) is 6.17 Å². The molecule has 0 bridgehead atoms. The van der Waals surface area contributed by atoms with Gasteiger partial charge in [-0.05, 0) is 30.5 Å². The number of carbonyl (C=O) groups excluding carboxylic acids is 1. The maximum atomic E-state index is 12.8. The van der Waals surface area contributed by atoms with Crippen molar-refractivity contribution < 1.29 is 13.2 Å². The highest BCUT2D eigenvalue weighted by molar-refractivity contribution is 7.89. The molecule has 2 aromatic rings. The molecule has 0 radical (unpaired) electrons. The lowest BCUT2D eigenvalue weighted by Gasteiger charge is -2.31. The van der Waals surface area contributed by atoms with Gasteiger partial charge in [0, 0.05) is 13.1 Å². The summed E-state index contributed by atoms with van der Waals surface area (Å²) in [6, 6.07) is 17.6. The van der Waals surface area contributed by atoms with E-state index in [1.54, 1.807) is 30.3 Å². The van der Waals surface area contributed by atoms with Crippen molar-refractivity contribution in [1.29, 1.82) is 0 Å². The number of nitrogens with two attached hydrogens (primary N) is 1. The van der Waals surface area contributed by atoms with Crippen molar-refractivity contribution in [3.63, 3.8) is 0 Å². The van der Waals surface area contributed by atoms with Crippen molar-refractivity contribution >= 4 is 15.9 Å². The molecule has 1 amide bonds. The van der Waals surface area contributed by atoms with Gasteiger partial charge in [-0.2, -0.15) is 4.31 Å². The molecule has 1 heterocycles. The zero-order valence-electron chi connectivity index (χ0n) is 14.4. The number of hydrogen-bond acceptors (Lipinski definition) is 4. The molecule has 1 saturated heterocycles. The van der Waals surface area contributed by atoms with Gasteiger partial charge in [-0.25, -0.2) is 8.42 Å². The molecule has 0 spiro atoms. The van der Waals surface area contributed by atoms with E-state index in [1.807, 2.05) is 30.3 Å². The number of nitrogens with one attached hydrogen (secondary N) is 1. The van der Waals surface area contributed by atoms with E-state index in [0.29, 0.717) is 19.4 Å². The molecule has 3 N–H and O–H groups in total. The van der Waals surface area contributed by atoms with Crippen LogP contribution in [0.15, 0.2) is 65.6 Å². The normalized spacial score (nSPS) is 19.7. The molecular formula is C19H23N3O3S. The van der Waals surface area contributed by atoms with Gasteiger partial charge in [-0.15, -0.1) is 0 Å². The molecule has 6 nitrogen and oxygen atoms in total. The second-order valence-electron chi connectivity index (χ2n) is 6.41. The van der Waals surface area contributed by atoms with Gasteiger partial charge in [-0.1, -0.05) is 48.5 Å². The second-order valence-corrected chi connectivity index (χ2v) is 8.35. The van der Waals surface area contributed by atoms with Gasteiger partial charge in [0.2, 0.25) is 15.9 Å². The van der Waals surface area contributed by atoms with Crippen molar-refractivity contribution in [1.82, 2.24) is 9.62 Å². The highest BCUT2D eigenvalue weighted by Crippen LogP contribution is 2.24. The lowest BCUT2D eigenvalue weighted by molar-refractivity contribution is -0.126. The van der Waals surface area contributed by atoms with E-state index < -0.39 is 22.1 Å². The van der Waals surface area contributed by atoms with Crippen molar-refractivity contribution in [2.75, 3.05) is 13.1 Å². The SMILES string of the molecule is N[C@@H](NC(=O)C1CCCN(S(=O)(=O)c2ccccc2)C1)c1ccccc1. The fraction of sp³-hybridized carbons (Fsp3) is 0.316. The van der Waals surface area contributed by atoms with Crippen molar-refractivity contribution in [3.8, 4) is 0 Å². The van der Waals surface area contributed by atoms with Crippen molar-refractivity contribution in [2.45, 2.75) is 23.9 Å². The molecule has 3 rings (SSSR count). The third-order valence-corrected chi connectivity index (χ3v) is 6.47. The fourth-order valence-corrected chi connectivity index (χ4v) is 4.68. The Morgan fingerprint density at radius 1 is 1.08 bits per heavy atom. The predicted octanol–water partition coefficient (Wildman–Crippen LogP) is 1.86. The van der Waals surface area contributed by atoms with Crippen LogP contribution in [0.5, 0.6) is 0 Å². The number of carbonyl (C=O) groups is 1. The molecule has 1 aliphatic heterocycles. The standard InChI is InChI=1S/C19H23N3O3S/c20-18(15-8-3-1-4-9-15)21-19(23)16-10-7-13-22(14-16)26(24,25)17-11-5-2-6-12-17/h1-6,8-9,11-12,16,18H,7,10,13-14,20H2,(H,21,23)/t16?,18-/m0/s1. The molecule has 1 unspecified atom stereocenters. The van der Waals surface area contributed by atoms with Gasteiger partial charge in [-0.3, -0.25) is 4.79 Å². The molecule has 7 heteroatoms. The van der Waals surface area contributed by atoms with Crippen LogP contribution < -0.4 is 11.1 Å². The average Bonchev–Trinajstić information content (AvgIpc) is 2.69. The summed E-state index contributed by atoms with van der Waals surface area (Å²) in [5.74, 6) is -0.619.